The Morgan fingerprint density at radius 3 is 2.30 bits per heavy atom. The van der Waals surface area contributed by atoms with Crippen LogP contribution < -0.4 is 14.2 Å². The Labute approximate surface area is 172 Å². The molecule has 0 bridgehead atoms. The second-order valence-corrected chi connectivity index (χ2v) is 6.83. The Bertz CT molecular complexity index is 906. The lowest BCUT2D eigenvalue weighted by Gasteiger charge is -2.22. The summed E-state index contributed by atoms with van der Waals surface area (Å²) in [4.78, 5) is 14.6. The van der Waals surface area contributed by atoms with E-state index in [-0.39, 0.29) is 17.7 Å². The molecule has 0 saturated heterocycles. The summed E-state index contributed by atoms with van der Waals surface area (Å²) in [7, 11) is 3.14. The van der Waals surface area contributed by atoms with Crippen LogP contribution in [0.4, 0.5) is 13.2 Å². The minimum Gasteiger partial charge on any atom is -0.497 e. The maximum Gasteiger partial charge on any atom is 0.573 e. The van der Waals surface area contributed by atoms with Crippen LogP contribution in [0.3, 0.4) is 0 Å². The second-order valence-electron chi connectivity index (χ2n) is 6.83. The van der Waals surface area contributed by atoms with Crippen LogP contribution in [0.25, 0.3) is 6.08 Å². The summed E-state index contributed by atoms with van der Waals surface area (Å²) in [6.07, 6.45) is 0.104. The molecular weight excluding hydrogens is 399 g/mol. The van der Waals surface area contributed by atoms with E-state index in [2.05, 4.69) is 4.74 Å². The van der Waals surface area contributed by atoms with Crippen LogP contribution in [0.15, 0.2) is 48.5 Å². The van der Waals surface area contributed by atoms with Crippen LogP contribution in [0.2, 0.25) is 0 Å². The first-order valence-corrected chi connectivity index (χ1v) is 9.34. The largest absolute Gasteiger partial charge is 0.573 e. The number of hydrogen-bond donors (Lipinski definition) is 0. The molecule has 0 unspecified atom stereocenters. The van der Waals surface area contributed by atoms with E-state index in [1.165, 1.54) is 30.3 Å². The van der Waals surface area contributed by atoms with Gasteiger partial charge in [0, 0.05) is 17.7 Å². The average Bonchev–Trinajstić information content (AvgIpc) is 3.55. The Balaban J connectivity index is 1.71. The normalized spacial score (nSPS) is 13.9. The number of amides is 1. The molecule has 0 atom stereocenters. The Morgan fingerprint density at radius 1 is 1.07 bits per heavy atom. The van der Waals surface area contributed by atoms with E-state index in [0.717, 1.165) is 18.4 Å². The lowest BCUT2D eigenvalue weighted by molar-refractivity contribution is -0.274. The zero-order chi connectivity index (χ0) is 21.7. The van der Waals surface area contributed by atoms with Gasteiger partial charge in [-0.1, -0.05) is 12.1 Å². The number of nitrogens with zero attached hydrogens (tertiary/aromatic N) is 1. The van der Waals surface area contributed by atoms with E-state index in [1.807, 2.05) is 6.07 Å². The highest BCUT2D eigenvalue weighted by molar-refractivity contribution is 5.92. The highest BCUT2D eigenvalue weighted by atomic mass is 19.4. The van der Waals surface area contributed by atoms with Crippen LogP contribution in [0, 0.1) is 0 Å². The van der Waals surface area contributed by atoms with Crippen molar-refractivity contribution >= 4 is 12.0 Å². The van der Waals surface area contributed by atoms with Crippen LogP contribution in [0.5, 0.6) is 17.2 Å². The molecule has 30 heavy (non-hydrogen) atoms. The van der Waals surface area contributed by atoms with Gasteiger partial charge in [-0.2, -0.15) is 0 Å². The lowest BCUT2D eigenvalue weighted by atomic mass is 10.1. The minimum absolute atomic E-state index is 0.153. The van der Waals surface area contributed by atoms with Gasteiger partial charge in [-0.05, 0) is 54.8 Å². The average molecular weight is 421 g/mol. The summed E-state index contributed by atoms with van der Waals surface area (Å²) in [5, 5.41) is 0. The third-order valence-corrected chi connectivity index (χ3v) is 4.63. The number of methoxy groups -OCH3 is 2. The van der Waals surface area contributed by atoms with Gasteiger partial charge >= 0.3 is 6.36 Å². The molecule has 2 aromatic rings. The standard InChI is InChI=1S/C22H22F3NO4/c1-28-19-10-11-20(29-2)16(13-19)14-26(17-6-7-17)21(27)12-5-15-3-8-18(9-4-15)30-22(23,24)25/h3-5,8-13,17H,6-7,14H2,1-2H3/b12-5+. The van der Waals surface area contributed by atoms with Gasteiger partial charge in [0.2, 0.25) is 5.91 Å². The molecule has 0 spiro atoms. The zero-order valence-electron chi connectivity index (χ0n) is 16.6. The SMILES string of the molecule is COc1ccc(OC)c(CN(C(=O)/C=C/c2ccc(OC(F)(F)F)cc2)C2CC2)c1. The monoisotopic (exact) mass is 421 g/mol. The fraction of sp³-hybridized carbons (Fsp3) is 0.318. The van der Waals surface area contributed by atoms with Crippen LogP contribution in [-0.2, 0) is 11.3 Å². The molecule has 1 fully saturated rings. The molecule has 0 N–H and O–H groups in total. The summed E-state index contributed by atoms with van der Waals surface area (Å²) >= 11 is 0. The highest BCUT2D eigenvalue weighted by Gasteiger charge is 2.32. The second kappa shape index (κ2) is 9.11. The van der Waals surface area contributed by atoms with Crippen molar-refractivity contribution < 1.29 is 32.2 Å². The Kier molecular flexibility index (Phi) is 6.54. The molecule has 3 rings (SSSR count). The third-order valence-electron chi connectivity index (χ3n) is 4.63. The molecule has 160 valence electrons. The van der Waals surface area contributed by atoms with Crippen molar-refractivity contribution in [3.8, 4) is 17.2 Å². The molecule has 0 aliphatic heterocycles. The van der Waals surface area contributed by atoms with Crippen molar-refractivity contribution in [2.24, 2.45) is 0 Å². The minimum atomic E-state index is -4.74. The summed E-state index contributed by atoms with van der Waals surface area (Å²) in [6, 6.07) is 10.9. The van der Waals surface area contributed by atoms with E-state index in [0.29, 0.717) is 23.6 Å². The van der Waals surface area contributed by atoms with Crippen molar-refractivity contribution in [3.05, 3.63) is 59.7 Å². The van der Waals surface area contributed by atoms with E-state index in [9.17, 15) is 18.0 Å². The van der Waals surface area contributed by atoms with Crippen molar-refractivity contribution in [2.45, 2.75) is 31.8 Å². The molecule has 1 aliphatic rings. The van der Waals surface area contributed by atoms with Crippen molar-refractivity contribution in [1.29, 1.82) is 0 Å². The smallest absolute Gasteiger partial charge is 0.497 e. The fourth-order valence-electron chi connectivity index (χ4n) is 3.01. The number of hydrogen-bond acceptors (Lipinski definition) is 4. The molecule has 1 aliphatic carbocycles. The van der Waals surface area contributed by atoms with Gasteiger partial charge < -0.3 is 19.1 Å². The molecule has 2 aromatic carbocycles. The van der Waals surface area contributed by atoms with Crippen LogP contribution >= 0.6 is 0 Å². The van der Waals surface area contributed by atoms with Gasteiger partial charge in [0.1, 0.15) is 17.2 Å². The number of rotatable bonds is 8. The maximum absolute atomic E-state index is 12.8. The zero-order valence-corrected chi connectivity index (χ0v) is 16.6. The third kappa shape index (κ3) is 5.92. The van der Waals surface area contributed by atoms with Crippen LogP contribution in [0.1, 0.15) is 24.0 Å². The van der Waals surface area contributed by atoms with Crippen LogP contribution in [-0.4, -0.2) is 37.4 Å². The first kappa shape index (κ1) is 21.5. The first-order valence-electron chi connectivity index (χ1n) is 9.34. The molecule has 1 saturated carbocycles. The van der Waals surface area contributed by atoms with Gasteiger partial charge in [0.15, 0.2) is 0 Å². The van der Waals surface area contributed by atoms with Crippen molar-refractivity contribution in [2.75, 3.05) is 14.2 Å². The number of carbonyl (C=O) groups excluding carboxylic acids is 1. The van der Waals surface area contributed by atoms with E-state index >= 15 is 0 Å². The summed E-state index contributed by atoms with van der Waals surface area (Å²) in [6.45, 7) is 0.368. The van der Waals surface area contributed by atoms with Crippen molar-refractivity contribution in [1.82, 2.24) is 4.90 Å². The molecule has 5 nitrogen and oxygen atoms in total. The summed E-state index contributed by atoms with van der Waals surface area (Å²) < 4.78 is 51.2. The van der Waals surface area contributed by atoms with Gasteiger partial charge in [-0.15, -0.1) is 13.2 Å². The number of benzene rings is 2. The number of halogens is 3. The maximum atomic E-state index is 12.8. The summed E-state index contributed by atoms with van der Waals surface area (Å²) in [5.74, 6) is 0.845. The van der Waals surface area contributed by atoms with Gasteiger partial charge in [0.25, 0.3) is 0 Å². The molecule has 0 heterocycles. The predicted octanol–water partition coefficient (Wildman–Crippen LogP) is 4.81. The first-order chi connectivity index (χ1) is 14.3. The van der Waals surface area contributed by atoms with Crippen molar-refractivity contribution in [3.63, 3.8) is 0 Å². The van der Waals surface area contributed by atoms with E-state index in [1.54, 1.807) is 37.3 Å². The van der Waals surface area contributed by atoms with Gasteiger partial charge in [-0.3, -0.25) is 4.79 Å². The van der Waals surface area contributed by atoms with Gasteiger partial charge in [-0.25, -0.2) is 0 Å². The number of alkyl halides is 3. The van der Waals surface area contributed by atoms with E-state index < -0.39 is 6.36 Å². The molecule has 0 radical (unpaired) electrons. The summed E-state index contributed by atoms with van der Waals surface area (Å²) in [5.41, 5.74) is 1.42. The number of carbonyl (C=O) groups is 1. The van der Waals surface area contributed by atoms with E-state index in [4.69, 9.17) is 9.47 Å². The molecule has 1 amide bonds. The molecular formula is C22H22F3NO4. The predicted molar refractivity (Wildman–Crippen MR) is 105 cm³/mol. The topological polar surface area (TPSA) is 48.0 Å². The molecule has 8 heteroatoms. The van der Waals surface area contributed by atoms with Gasteiger partial charge in [0.05, 0.1) is 20.8 Å². The lowest BCUT2D eigenvalue weighted by Crippen LogP contribution is -2.31. The highest BCUT2D eigenvalue weighted by Crippen LogP contribution is 2.32. The Hall–Kier alpha value is -3.16. The Morgan fingerprint density at radius 2 is 1.73 bits per heavy atom. The molecule has 0 aromatic heterocycles. The fourth-order valence-corrected chi connectivity index (χ4v) is 3.01. The quantitative estimate of drug-likeness (QED) is 0.574. The number of ether oxygens (including phenoxy) is 3.